The third kappa shape index (κ3) is 3.03. The Morgan fingerprint density at radius 2 is 1.87 bits per heavy atom. The quantitative estimate of drug-likeness (QED) is 0.569. The van der Waals surface area contributed by atoms with Crippen LogP contribution in [-0.2, 0) is 4.79 Å². The highest BCUT2D eigenvalue weighted by atomic mass is 35.5. The van der Waals surface area contributed by atoms with E-state index >= 15 is 0 Å². The van der Waals surface area contributed by atoms with Crippen molar-refractivity contribution >= 4 is 17.4 Å². The van der Waals surface area contributed by atoms with Crippen LogP contribution in [0.4, 0.5) is 0 Å². The summed E-state index contributed by atoms with van der Waals surface area (Å²) < 4.78 is 6.45. The fourth-order valence-corrected chi connectivity index (χ4v) is 7.79. The van der Waals surface area contributed by atoms with E-state index in [9.17, 15) is 4.79 Å². The summed E-state index contributed by atoms with van der Waals surface area (Å²) in [6, 6.07) is 8.26. The lowest BCUT2D eigenvalue weighted by atomic mass is 9.49. The molecule has 3 nitrogen and oxygen atoms in total. The number of fused-ring (bicyclic) bond motifs is 5. The maximum atomic E-state index is 12.2. The highest BCUT2D eigenvalue weighted by Crippen LogP contribution is 2.65. The van der Waals surface area contributed by atoms with Gasteiger partial charge in [0.1, 0.15) is 5.75 Å². The Labute approximate surface area is 185 Å². The van der Waals surface area contributed by atoms with E-state index in [0.29, 0.717) is 41.4 Å². The average molecular weight is 428 g/mol. The first-order chi connectivity index (χ1) is 14.2. The molecule has 0 bridgehead atoms. The van der Waals surface area contributed by atoms with Crippen molar-refractivity contribution in [3.05, 3.63) is 41.1 Å². The summed E-state index contributed by atoms with van der Waals surface area (Å²) in [7, 11) is 2.21. The van der Waals surface area contributed by atoms with Gasteiger partial charge in [0.2, 0.25) is 0 Å². The number of hydrogen-bond donors (Lipinski definition) is 0. The molecule has 4 heteroatoms. The summed E-state index contributed by atoms with van der Waals surface area (Å²) in [5, 5.41) is 0.749. The number of carbonyl (C=O) groups is 1. The molecular formula is C26H34ClNO2. The monoisotopic (exact) mass is 427 g/mol. The predicted octanol–water partition coefficient (Wildman–Crippen LogP) is 6.12. The maximum absolute atomic E-state index is 12.2. The molecule has 7 atom stereocenters. The first-order valence-electron chi connectivity index (χ1n) is 11.6. The number of allylic oxidation sites excluding steroid dienone is 2. The fourth-order valence-electron chi connectivity index (χ4n) is 7.66. The van der Waals surface area contributed by atoms with E-state index in [1.165, 1.54) is 18.5 Å². The molecule has 4 aliphatic rings. The van der Waals surface area contributed by atoms with Gasteiger partial charge in [-0.2, -0.15) is 0 Å². The van der Waals surface area contributed by atoms with Crippen LogP contribution >= 0.6 is 11.6 Å². The van der Waals surface area contributed by atoms with Crippen molar-refractivity contribution < 1.29 is 9.53 Å². The Morgan fingerprint density at radius 3 is 2.60 bits per heavy atom. The van der Waals surface area contributed by atoms with Crippen LogP contribution in [-0.4, -0.2) is 29.9 Å². The van der Waals surface area contributed by atoms with Crippen LogP contribution in [0.25, 0.3) is 0 Å². The van der Waals surface area contributed by atoms with Crippen molar-refractivity contribution in [2.24, 2.45) is 28.6 Å². The van der Waals surface area contributed by atoms with Gasteiger partial charge in [0.05, 0.1) is 6.10 Å². The SMILES string of the molecule is C[C@@H]1C2C3C[C@H](Oc4ccc(Cl)cc4)C[C@@]3(C)CCC2[C@@]2(C)CCC(=O)C=C2N1C. The van der Waals surface area contributed by atoms with Crippen LogP contribution in [0, 0.1) is 28.6 Å². The van der Waals surface area contributed by atoms with Gasteiger partial charge in [-0.1, -0.05) is 25.4 Å². The van der Waals surface area contributed by atoms with Gasteiger partial charge in [0.25, 0.3) is 0 Å². The average Bonchev–Trinajstić information content (AvgIpc) is 3.05. The number of hydrogen-bond acceptors (Lipinski definition) is 3. The highest BCUT2D eigenvalue weighted by molar-refractivity contribution is 6.30. The Balaban J connectivity index is 1.43. The van der Waals surface area contributed by atoms with E-state index in [0.717, 1.165) is 30.0 Å². The molecule has 1 aromatic carbocycles. The van der Waals surface area contributed by atoms with Crippen molar-refractivity contribution in [2.75, 3.05) is 7.05 Å². The van der Waals surface area contributed by atoms with E-state index in [1.54, 1.807) is 0 Å². The summed E-state index contributed by atoms with van der Waals surface area (Å²) in [6.07, 6.45) is 8.75. The number of ketones is 1. The third-order valence-corrected chi connectivity index (χ3v) is 9.57. The molecule has 30 heavy (non-hydrogen) atoms. The van der Waals surface area contributed by atoms with Gasteiger partial charge < -0.3 is 9.64 Å². The number of ether oxygens (including phenoxy) is 1. The summed E-state index contributed by atoms with van der Waals surface area (Å²) in [5.41, 5.74) is 1.77. The first kappa shape index (κ1) is 20.4. The topological polar surface area (TPSA) is 29.5 Å². The highest BCUT2D eigenvalue weighted by Gasteiger charge is 2.61. The van der Waals surface area contributed by atoms with Crippen LogP contribution in [0.3, 0.4) is 0 Å². The first-order valence-corrected chi connectivity index (χ1v) is 12.0. The van der Waals surface area contributed by atoms with Crippen LogP contribution in [0.1, 0.15) is 59.3 Å². The summed E-state index contributed by atoms with van der Waals surface area (Å²) >= 11 is 6.05. The lowest BCUT2D eigenvalue weighted by Gasteiger charge is -2.62. The second-order valence-corrected chi connectivity index (χ2v) is 11.3. The second kappa shape index (κ2) is 7.02. The van der Waals surface area contributed by atoms with Crippen LogP contribution in [0.15, 0.2) is 36.0 Å². The largest absolute Gasteiger partial charge is 0.490 e. The van der Waals surface area contributed by atoms with Crippen molar-refractivity contribution in [3.63, 3.8) is 0 Å². The van der Waals surface area contributed by atoms with Crippen molar-refractivity contribution in [1.29, 1.82) is 0 Å². The number of nitrogens with zero attached hydrogens (tertiary/aromatic N) is 1. The van der Waals surface area contributed by atoms with E-state index in [1.807, 2.05) is 30.3 Å². The van der Waals surface area contributed by atoms with Crippen molar-refractivity contribution in [1.82, 2.24) is 4.90 Å². The fraction of sp³-hybridized carbons (Fsp3) is 0.654. The minimum absolute atomic E-state index is 0.135. The number of likely N-dealkylation sites (tertiary alicyclic amines) is 1. The Kier molecular flexibility index (Phi) is 4.78. The van der Waals surface area contributed by atoms with Gasteiger partial charge in [0, 0.05) is 41.7 Å². The molecule has 0 N–H and O–H groups in total. The smallest absolute Gasteiger partial charge is 0.157 e. The van der Waals surface area contributed by atoms with Gasteiger partial charge in [0.15, 0.2) is 5.78 Å². The van der Waals surface area contributed by atoms with Gasteiger partial charge in [-0.25, -0.2) is 0 Å². The number of benzene rings is 1. The molecule has 0 spiro atoms. The molecule has 3 fully saturated rings. The van der Waals surface area contributed by atoms with Crippen LogP contribution in [0.5, 0.6) is 5.75 Å². The molecular weight excluding hydrogens is 394 g/mol. The molecule has 3 aliphatic carbocycles. The molecule has 5 rings (SSSR count). The summed E-state index contributed by atoms with van der Waals surface area (Å²) in [6.45, 7) is 7.32. The zero-order valence-corrected chi connectivity index (χ0v) is 19.4. The maximum Gasteiger partial charge on any atom is 0.157 e. The molecule has 3 unspecified atom stereocenters. The summed E-state index contributed by atoms with van der Waals surface area (Å²) in [4.78, 5) is 14.7. The lowest BCUT2D eigenvalue weighted by molar-refractivity contribution is -0.121. The second-order valence-electron chi connectivity index (χ2n) is 10.9. The molecule has 1 aromatic rings. The lowest BCUT2D eigenvalue weighted by Crippen LogP contribution is -2.60. The van der Waals surface area contributed by atoms with Crippen LogP contribution in [0.2, 0.25) is 5.02 Å². The Bertz CT molecular complexity index is 880. The zero-order chi connectivity index (χ0) is 21.3. The molecule has 162 valence electrons. The number of halogens is 1. The zero-order valence-electron chi connectivity index (χ0n) is 18.7. The minimum Gasteiger partial charge on any atom is -0.490 e. The number of carbonyl (C=O) groups excluding carboxylic acids is 1. The molecule has 0 aromatic heterocycles. The molecule has 0 radical (unpaired) electrons. The van der Waals surface area contributed by atoms with Gasteiger partial charge in [-0.05, 0) is 86.5 Å². The minimum atomic E-state index is 0.135. The molecule has 1 saturated heterocycles. The molecule has 1 aliphatic heterocycles. The Morgan fingerprint density at radius 1 is 1.13 bits per heavy atom. The van der Waals surface area contributed by atoms with Crippen LogP contribution < -0.4 is 4.74 Å². The molecule has 0 amide bonds. The third-order valence-electron chi connectivity index (χ3n) is 9.32. The van der Waals surface area contributed by atoms with E-state index in [4.69, 9.17) is 16.3 Å². The van der Waals surface area contributed by atoms with E-state index in [2.05, 4.69) is 32.7 Å². The Hall–Kier alpha value is -1.48. The molecule has 2 saturated carbocycles. The standard InChI is InChI=1S/C26H34ClNO2/c1-16-24-21(26(3)12-9-18(29)13-23(26)28(16)4)10-11-25(2)15-20(14-22(24)25)30-19-7-5-17(27)6-8-19/h5-8,13,16,20-22,24H,9-12,14-15H2,1-4H3/t16-,20+,21?,22?,24?,25-,26-/m1/s1. The van der Waals surface area contributed by atoms with Crippen molar-refractivity contribution in [3.8, 4) is 5.75 Å². The van der Waals surface area contributed by atoms with Gasteiger partial charge in [-0.3, -0.25) is 4.79 Å². The van der Waals surface area contributed by atoms with Gasteiger partial charge >= 0.3 is 0 Å². The normalized spacial score (nSPS) is 42.8. The molecule has 1 heterocycles. The number of rotatable bonds is 2. The van der Waals surface area contributed by atoms with Gasteiger partial charge in [-0.15, -0.1) is 0 Å². The van der Waals surface area contributed by atoms with E-state index in [-0.39, 0.29) is 11.5 Å². The number of piperidine rings is 1. The van der Waals surface area contributed by atoms with Crippen molar-refractivity contribution in [2.45, 2.75) is 71.4 Å². The summed E-state index contributed by atoms with van der Waals surface area (Å²) in [5.74, 6) is 3.22. The predicted molar refractivity (Wildman–Crippen MR) is 121 cm³/mol. The van der Waals surface area contributed by atoms with E-state index < -0.39 is 0 Å².